The van der Waals surface area contributed by atoms with Crippen LogP contribution in [0.5, 0.6) is 0 Å². The standard InChI is InChI=1S/C16H24N2S/c1-3-15(16-5-6-16)4-2-14(1)13-17-7-8-18-9-11-19-12-10-18/h1-4,16-17H,5-13H2. The van der Waals surface area contributed by atoms with E-state index in [0.717, 1.165) is 19.0 Å². The second-order valence-corrected chi connectivity index (χ2v) is 6.87. The van der Waals surface area contributed by atoms with Crippen LogP contribution in [0.4, 0.5) is 0 Å². The third-order valence-electron chi connectivity index (χ3n) is 4.07. The van der Waals surface area contributed by atoms with Crippen LogP contribution in [0.3, 0.4) is 0 Å². The number of thioether (sulfide) groups is 1. The van der Waals surface area contributed by atoms with Crippen LogP contribution in [0.25, 0.3) is 0 Å². The van der Waals surface area contributed by atoms with Crippen LogP contribution in [0.2, 0.25) is 0 Å². The van der Waals surface area contributed by atoms with Crippen LogP contribution in [0, 0.1) is 0 Å². The van der Waals surface area contributed by atoms with Gasteiger partial charge in [0.1, 0.15) is 0 Å². The molecule has 1 heterocycles. The van der Waals surface area contributed by atoms with Gasteiger partial charge in [0.2, 0.25) is 0 Å². The Bertz CT molecular complexity index is 380. The molecule has 19 heavy (non-hydrogen) atoms. The monoisotopic (exact) mass is 276 g/mol. The summed E-state index contributed by atoms with van der Waals surface area (Å²) in [6, 6.07) is 9.21. The van der Waals surface area contributed by atoms with Gasteiger partial charge >= 0.3 is 0 Å². The fourth-order valence-electron chi connectivity index (χ4n) is 2.62. The molecular weight excluding hydrogens is 252 g/mol. The summed E-state index contributed by atoms with van der Waals surface area (Å²) >= 11 is 2.08. The van der Waals surface area contributed by atoms with Crippen molar-refractivity contribution in [2.24, 2.45) is 0 Å². The van der Waals surface area contributed by atoms with Gasteiger partial charge in [-0.2, -0.15) is 11.8 Å². The first-order chi connectivity index (χ1) is 9.42. The first kappa shape index (κ1) is 13.5. The Morgan fingerprint density at radius 1 is 1.11 bits per heavy atom. The summed E-state index contributed by atoms with van der Waals surface area (Å²) in [6.07, 6.45) is 2.79. The lowest BCUT2D eigenvalue weighted by atomic mass is 10.1. The molecular formula is C16H24N2S. The molecule has 0 amide bonds. The predicted molar refractivity (Wildman–Crippen MR) is 83.9 cm³/mol. The Labute approximate surface area is 121 Å². The number of hydrogen-bond acceptors (Lipinski definition) is 3. The molecule has 2 nitrogen and oxygen atoms in total. The largest absolute Gasteiger partial charge is 0.311 e. The van der Waals surface area contributed by atoms with E-state index in [0.29, 0.717) is 0 Å². The summed E-state index contributed by atoms with van der Waals surface area (Å²) in [5.74, 6) is 3.49. The van der Waals surface area contributed by atoms with E-state index in [2.05, 4.69) is 46.2 Å². The van der Waals surface area contributed by atoms with Crippen molar-refractivity contribution in [2.75, 3.05) is 37.7 Å². The molecule has 2 fully saturated rings. The number of nitrogens with zero attached hydrogens (tertiary/aromatic N) is 1. The number of hydrogen-bond donors (Lipinski definition) is 1. The van der Waals surface area contributed by atoms with Crippen molar-refractivity contribution in [3.05, 3.63) is 35.4 Å². The number of benzene rings is 1. The Balaban J connectivity index is 1.34. The SMILES string of the molecule is c1cc(C2CC2)ccc1CNCCN1CCSCC1. The lowest BCUT2D eigenvalue weighted by Crippen LogP contribution is -2.37. The summed E-state index contributed by atoms with van der Waals surface area (Å²) in [6.45, 7) is 5.84. The second-order valence-electron chi connectivity index (χ2n) is 5.65. The minimum atomic E-state index is 0.874. The topological polar surface area (TPSA) is 15.3 Å². The van der Waals surface area contributed by atoms with Crippen LogP contribution < -0.4 is 5.32 Å². The summed E-state index contributed by atoms with van der Waals surface area (Å²) in [7, 11) is 0. The van der Waals surface area contributed by atoms with Gasteiger partial charge in [-0.05, 0) is 29.9 Å². The maximum atomic E-state index is 3.56. The normalized spacial score (nSPS) is 20.6. The highest BCUT2D eigenvalue weighted by Gasteiger charge is 2.22. The summed E-state index contributed by atoms with van der Waals surface area (Å²) < 4.78 is 0. The lowest BCUT2D eigenvalue weighted by Gasteiger charge is -2.26. The minimum absolute atomic E-state index is 0.874. The zero-order valence-electron chi connectivity index (χ0n) is 11.6. The van der Waals surface area contributed by atoms with Gasteiger partial charge in [-0.15, -0.1) is 0 Å². The highest BCUT2D eigenvalue weighted by molar-refractivity contribution is 7.99. The van der Waals surface area contributed by atoms with Crippen molar-refractivity contribution in [3.63, 3.8) is 0 Å². The molecule has 104 valence electrons. The zero-order chi connectivity index (χ0) is 12.9. The molecule has 0 spiro atoms. The van der Waals surface area contributed by atoms with Crippen LogP contribution >= 0.6 is 11.8 Å². The first-order valence-electron chi connectivity index (χ1n) is 7.51. The summed E-state index contributed by atoms with van der Waals surface area (Å²) in [5, 5.41) is 3.56. The third kappa shape index (κ3) is 4.23. The molecule has 1 saturated heterocycles. The second kappa shape index (κ2) is 6.78. The minimum Gasteiger partial charge on any atom is -0.311 e. The molecule has 0 atom stereocenters. The third-order valence-corrected chi connectivity index (χ3v) is 5.01. The predicted octanol–water partition coefficient (Wildman–Crippen LogP) is 2.70. The van der Waals surface area contributed by atoms with E-state index in [1.54, 1.807) is 0 Å². The van der Waals surface area contributed by atoms with Gasteiger partial charge in [-0.1, -0.05) is 24.3 Å². The molecule has 3 heteroatoms. The van der Waals surface area contributed by atoms with Gasteiger partial charge in [-0.3, -0.25) is 0 Å². The highest BCUT2D eigenvalue weighted by Crippen LogP contribution is 2.39. The summed E-state index contributed by atoms with van der Waals surface area (Å²) in [4.78, 5) is 2.57. The van der Waals surface area contributed by atoms with Crippen molar-refractivity contribution in [1.82, 2.24) is 10.2 Å². The van der Waals surface area contributed by atoms with Gasteiger partial charge in [0.25, 0.3) is 0 Å². The van der Waals surface area contributed by atoms with Crippen LogP contribution in [0.1, 0.15) is 29.9 Å². The smallest absolute Gasteiger partial charge is 0.0206 e. The molecule has 1 aliphatic heterocycles. The van der Waals surface area contributed by atoms with E-state index in [4.69, 9.17) is 0 Å². The van der Waals surface area contributed by atoms with Crippen molar-refractivity contribution >= 4 is 11.8 Å². The van der Waals surface area contributed by atoms with E-state index >= 15 is 0 Å². The van der Waals surface area contributed by atoms with Gasteiger partial charge < -0.3 is 10.2 Å². The van der Waals surface area contributed by atoms with E-state index in [1.807, 2.05) is 0 Å². The molecule has 3 rings (SSSR count). The van der Waals surface area contributed by atoms with E-state index in [9.17, 15) is 0 Å². The zero-order valence-corrected chi connectivity index (χ0v) is 12.4. The molecule has 1 saturated carbocycles. The average Bonchev–Trinajstić information content (AvgIpc) is 3.30. The Morgan fingerprint density at radius 2 is 1.84 bits per heavy atom. The van der Waals surface area contributed by atoms with E-state index < -0.39 is 0 Å². The van der Waals surface area contributed by atoms with Crippen LogP contribution in [-0.4, -0.2) is 42.6 Å². The Morgan fingerprint density at radius 3 is 2.53 bits per heavy atom. The Hall–Kier alpha value is -0.510. The molecule has 2 aliphatic rings. The Kier molecular flexibility index (Phi) is 4.81. The van der Waals surface area contributed by atoms with Gasteiger partial charge in [0, 0.05) is 44.2 Å². The molecule has 1 aromatic rings. The molecule has 1 aromatic carbocycles. The molecule has 0 unspecified atom stereocenters. The fourth-order valence-corrected chi connectivity index (χ4v) is 3.60. The van der Waals surface area contributed by atoms with Crippen molar-refractivity contribution in [2.45, 2.75) is 25.3 Å². The molecule has 0 radical (unpaired) electrons. The van der Waals surface area contributed by atoms with E-state index in [1.165, 1.54) is 55.1 Å². The maximum Gasteiger partial charge on any atom is 0.0206 e. The average molecular weight is 276 g/mol. The van der Waals surface area contributed by atoms with Crippen LogP contribution in [0.15, 0.2) is 24.3 Å². The number of nitrogens with one attached hydrogen (secondary N) is 1. The molecule has 1 N–H and O–H groups in total. The fraction of sp³-hybridized carbons (Fsp3) is 0.625. The van der Waals surface area contributed by atoms with Crippen molar-refractivity contribution in [1.29, 1.82) is 0 Å². The number of rotatable bonds is 6. The van der Waals surface area contributed by atoms with Gasteiger partial charge in [0.05, 0.1) is 0 Å². The molecule has 0 aromatic heterocycles. The van der Waals surface area contributed by atoms with Crippen LogP contribution in [-0.2, 0) is 6.54 Å². The molecule has 0 bridgehead atoms. The summed E-state index contributed by atoms with van der Waals surface area (Å²) in [5.41, 5.74) is 2.95. The highest BCUT2D eigenvalue weighted by atomic mass is 32.2. The van der Waals surface area contributed by atoms with E-state index in [-0.39, 0.29) is 0 Å². The molecule has 1 aliphatic carbocycles. The maximum absolute atomic E-state index is 3.56. The quantitative estimate of drug-likeness (QED) is 0.804. The first-order valence-corrected chi connectivity index (χ1v) is 8.67. The van der Waals surface area contributed by atoms with Crippen molar-refractivity contribution in [3.8, 4) is 0 Å². The van der Waals surface area contributed by atoms with Gasteiger partial charge in [-0.25, -0.2) is 0 Å². The lowest BCUT2D eigenvalue weighted by molar-refractivity contribution is 0.301. The van der Waals surface area contributed by atoms with Crippen molar-refractivity contribution < 1.29 is 0 Å². The van der Waals surface area contributed by atoms with Gasteiger partial charge in [0.15, 0.2) is 0 Å².